The second-order valence-corrected chi connectivity index (χ2v) is 6.77. The highest BCUT2D eigenvalue weighted by Gasteiger charge is 2.24. The minimum absolute atomic E-state index is 0.304. The first kappa shape index (κ1) is 17.4. The molecule has 6 heteroatoms. The van der Waals surface area contributed by atoms with Gasteiger partial charge >= 0.3 is 5.97 Å². The molecule has 3 heterocycles. The zero-order valence-corrected chi connectivity index (χ0v) is 15.6. The van der Waals surface area contributed by atoms with Crippen molar-refractivity contribution in [3.63, 3.8) is 0 Å². The van der Waals surface area contributed by atoms with Gasteiger partial charge in [0, 0.05) is 30.2 Å². The Morgan fingerprint density at radius 1 is 1.15 bits per heavy atom. The van der Waals surface area contributed by atoms with Gasteiger partial charge in [-0.2, -0.15) is 4.98 Å². The molecule has 3 aromatic rings. The average Bonchev–Trinajstić information content (AvgIpc) is 3.17. The van der Waals surface area contributed by atoms with E-state index in [0.29, 0.717) is 17.4 Å². The molecule has 0 aliphatic carbocycles. The van der Waals surface area contributed by atoms with Gasteiger partial charge in [-0.05, 0) is 42.5 Å². The lowest BCUT2D eigenvalue weighted by molar-refractivity contribution is 0.0596. The molecule has 0 saturated carbocycles. The van der Waals surface area contributed by atoms with Gasteiger partial charge in [-0.1, -0.05) is 18.2 Å². The Morgan fingerprint density at radius 3 is 2.67 bits per heavy atom. The van der Waals surface area contributed by atoms with E-state index in [4.69, 9.17) is 9.47 Å². The molecular weight excluding hydrogens is 342 g/mol. The molecule has 1 N–H and O–H groups in total. The molecule has 27 heavy (non-hydrogen) atoms. The Bertz CT molecular complexity index is 958. The van der Waals surface area contributed by atoms with Crippen LogP contribution in [0.1, 0.15) is 34.7 Å². The summed E-state index contributed by atoms with van der Waals surface area (Å²) >= 11 is 0. The van der Waals surface area contributed by atoms with Gasteiger partial charge in [-0.25, -0.2) is 4.79 Å². The number of H-pyrrole nitrogens is 1. The standard InChI is InChI=1S/C21H23N3O3/c1-26-20-16(21(25)27-2)7-8-19(23-20)24-11-9-14(10-12-24)17-13-22-18-6-4-3-5-15(17)18/h3-8,13-14,22H,9-12H2,1-2H3. The van der Waals surface area contributed by atoms with Gasteiger partial charge in [0.15, 0.2) is 0 Å². The van der Waals surface area contributed by atoms with Gasteiger partial charge < -0.3 is 19.4 Å². The number of esters is 1. The van der Waals surface area contributed by atoms with Crippen LogP contribution in [0, 0.1) is 0 Å². The van der Waals surface area contributed by atoms with Crippen LogP contribution in [0.4, 0.5) is 5.82 Å². The summed E-state index contributed by atoms with van der Waals surface area (Å²) in [6, 6.07) is 12.0. The fraction of sp³-hybridized carbons (Fsp3) is 0.333. The minimum Gasteiger partial charge on any atom is -0.480 e. The molecule has 1 aliphatic rings. The van der Waals surface area contributed by atoms with Crippen LogP contribution in [-0.2, 0) is 4.74 Å². The number of hydrogen-bond donors (Lipinski definition) is 1. The molecule has 0 unspecified atom stereocenters. The summed E-state index contributed by atoms with van der Waals surface area (Å²) in [5, 5.41) is 1.32. The highest BCUT2D eigenvalue weighted by atomic mass is 16.5. The van der Waals surface area contributed by atoms with E-state index in [2.05, 4.69) is 45.3 Å². The molecule has 1 aliphatic heterocycles. The van der Waals surface area contributed by atoms with Gasteiger partial charge in [0.2, 0.25) is 5.88 Å². The first-order valence-corrected chi connectivity index (χ1v) is 9.15. The number of carbonyl (C=O) groups excluding carboxylic acids is 1. The third-order valence-electron chi connectivity index (χ3n) is 5.32. The number of ether oxygens (including phenoxy) is 2. The number of piperidine rings is 1. The average molecular weight is 365 g/mol. The third kappa shape index (κ3) is 3.23. The number of benzene rings is 1. The Kier molecular flexibility index (Phi) is 4.71. The van der Waals surface area contributed by atoms with Crippen LogP contribution in [0.15, 0.2) is 42.6 Å². The summed E-state index contributed by atoms with van der Waals surface area (Å²) in [4.78, 5) is 21.9. The van der Waals surface area contributed by atoms with Gasteiger partial charge in [0.25, 0.3) is 0 Å². The van der Waals surface area contributed by atoms with Crippen LogP contribution in [-0.4, -0.2) is 43.2 Å². The monoisotopic (exact) mass is 365 g/mol. The van der Waals surface area contributed by atoms with Gasteiger partial charge in [0.1, 0.15) is 11.4 Å². The quantitative estimate of drug-likeness (QED) is 0.714. The number of nitrogens with one attached hydrogen (secondary N) is 1. The predicted molar refractivity (Wildman–Crippen MR) is 105 cm³/mol. The summed E-state index contributed by atoms with van der Waals surface area (Å²) in [6.07, 6.45) is 4.27. The molecule has 0 atom stereocenters. The number of para-hydroxylation sites is 1. The second kappa shape index (κ2) is 7.31. The molecule has 1 saturated heterocycles. The van der Waals surface area contributed by atoms with Crippen molar-refractivity contribution in [3.05, 3.63) is 53.7 Å². The van der Waals surface area contributed by atoms with E-state index in [9.17, 15) is 4.79 Å². The van der Waals surface area contributed by atoms with Crippen LogP contribution < -0.4 is 9.64 Å². The van der Waals surface area contributed by atoms with Gasteiger partial charge in [-0.15, -0.1) is 0 Å². The Labute approximate surface area is 158 Å². The number of aromatic nitrogens is 2. The number of aromatic amines is 1. The molecule has 0 bridgehead atoms. The zero-order chi connectivity index (χ0) is 18.8. The van der Waals surface area contributed by atoms with Crippen molar-refractivity contribution in [2.45, 2.75) is 18.8 Å². The number of carbonyl (C=O) groups is 1. The zero-order valence-electron chi connectivity index (χ0n) is 15.6. The van der Waals surface area contributed by atoms with Crippen LogP contribution in [0.3, 0.4) is 0 Å². The molecule has 0 amide bonds. The van der Waals surface area contributed by atoms with E-state index in [1.54, 1.807) is 6.07 Å². The number of nitrogens with zero attached hydrogens (tertiary/aromatic N) is 2. The first-order valence-electron chi connectivity index (χ1n) is 9.15. The Hall–Kier alpha value is -3.02. The number of pyridine rings is 1. The lowest BCUT2D eigenvalue weighted by atomic mass is 9.89. The maximum Gasteiger partial charge on any atom is 0.343 e. The smallest absolute Gasteiger partial charge is 0.343 e. The predicted octanol–water partition coefficient (Wildman–Crippen LogP) is 3.74. The first-order chi connectivity index (χ1) is 13.2. The minimum atomic E-state index is -0.441. The molecule has 4 rings (SSSR count). The second-order valence-electron chi connectivity index (χ2n) is 6.77. The fourth-order valence-electron chi connectivity index (χ4n) is 3.88. The lowest BCUT2D eigenvalue weighted by Crippen LogP contribution is -2.33. The SMILES string of the molecule is COC(=O)c1ccc(N2CCC(c3c[nH]c4ccccc34)CC2)nc1OC. The number of fused-ring (bicyclic) bond motifs is 1. The third-order valence-corrected chi connectivity index (χ3v) is 5.32. The van der Waals surface area contributed by atoms with E-state index in [1.807, 2.05) is 6.07 Å². The van der Waals surface area contributed by atoms with Crippen molar-refractivity contribution in [3.8, 4) is 5.88 Å². The summed E-state index contributed by atoms with van der Waals surface area (Å²) < 4.78 is 10.1. The van der Waals surface area contributed by atoms with E-state index >= 15 is 0 Å². The molecule has 2 aromatic heterocycles. The van der Waals surface area contributed by atoms with E-state index in [0.717, 1.165) is 31.7 Å². The van der Waals surface area contributed by atoms with Crippen molar-refractivity contribution < 1.29 is 14.3 Å². The Morgan fingerprint density at radius 2 is 1.93 bits per heavy atom. The molecule has 1 aromatic carbocycles. The van der Waals surface area contributed by atoms with Crippen LogP contribution in [0.25, 0.3) is 10.9 Å². The molecule has 6 nitrogen and oxygen atoms in total. The highest BCUT2D eigenvalue weighted by molar-refractivity contribution is 5.92. The highest BCUT2D eigenvalue weighted by Crippen LogP contribution is 2.34. The molecule has 0 radical (unpaired) electrons. The maximum atomic E-state index is 11.8. The Balaban J connectivity index is 1.50. The number of hydrogen-bond acceptors (Lipinski definition) is 5. The van der Waals surface area contributed by atoms with E-state index < -0.39 is 5.97 Å². The largest absolute Gasteiger partial charge is 0.480 e. The van der Waals surface area contributed by atoms with Gasteiger partial charge in [-0.3, -0.25) is 0 Å². The van der Waals surface area contributed by atoms with Crippen LogP contribution in [0.5, 0.6) is 5.88 Å². The maximum absolute atomic E-state index is 11.8. The number of methoxy groups -OCH3 is 2. The molecule has 1 fully saturated rings. The van der Waals surface area contributed by atoms with E-state index in [-0.39, 0.29) is 0 Å². The molecule has 140 valence electrons. The number of rotatable bonds is 4. The van der Waals surface area contributed by atoms with Crippen molar-refractivity contribution in [2.24, 2.45) is 0 Å². The summed E-state index contributed by atoms with van der Waals surface area (Å²) in [5.41, 5.74) is 2.94. The fourth-order valence-corrected chi connectivity index (χ4v) is 3.88. The summed E-state index contributed by atoms with van der Waals surface area (Å²) in [6.45, 7) is 1.83. The normalized spacial score (nSPS) is 15.1. The topological polar surface area (TPSA) is 67.5 Å². The molecule has 0 spiro atoms. The van der Waals surface area contributed by atoms with Crippen molar-refractivity contribution >= 4 is 22.7 Å². The van der Waals surface area contributed by atoms with E-state index in [1.165, 1.54) is 30.7 Å². The molecular formula is C21H23N3O3. The van der Waals surface area contributed by atoms with Crippen molar-refractivity contribution in [1.29, 1.82) is 0 Å². The summed E-state index contributed by atoms with van der Waals surface area (Å²) in [5.74, 6) is 1.23. The van der Waals surface area contributed by atoms with Gasteiger partial charge in [0.05, 0.1) is 14.2 Å². The van der Waals surface area contributed by atoms with Crippen molar-refractivity contribution in [2.75, 3.05) is 32.2 Å². The van der Waals surface area contributed by atoms with Crippen molar-refractivity contribution in [1.82, 2.24) is 9.97 Å². The number of anilines is 1. The summed E-state index contributed by atoms with van der Waals surface area (Å²) in [7, 11) is 2.87. The van der Waals surface area contributed by atoms with Crippen LogP contribution in [0.2, 0.25) is 0 Å². The lowest BCUT2D eigenvalue weighted by Gasteiger charge is -2.33. The van der Waals surface area contributed by atoms with Crippen LogP contribution >= 0.6 is 0 Å².